The fraction of sp³-hybridized carbons (Fsp3) is 0.378. The van der Waals surface area contributed by atoms with Gasteiger partial charge in [-0.2, -0.15) is 13.2 Å². The van der Waals surface area contributed by atoms with Gasteiger partial charge in [0, 0.05) is 23.9 Å². The summed E-state index contributed by atoms with van der Waals surface area (Å²) in [6, 6.07) is 27.2. The Morgan fingerprint density at radius 3 is 2.11 bits per heavy atom. The van der Waals surface area contributed by atoms with Crippen LogP contribution in [-0.2, 0) is 33.6 Å². The zero-order chi connectivity index (χ0) is 31.3. The van der Waals surface area contributed by atoms with Crippen LogP contribution in [0.2, 0.25) is 0 Å². The molecule has 3 aromatic carbocycles. The maximum atomic E-state index is 13.3. The maximum Gasteiger partial charge on any atom is 0.417 e. The minimum atomic E-state index is -4.45. The Morgan fingerprint density at radius 2 is 1.48 bits per heavy atom. The number of aromatic nitrogens is 1. The number of pyridine rings is 1. The molecule has 1 aliphatic rings. The minimum Gasteiger partial charge on any atom is -0.374 e. The van der Waals surface area contributed by atoms with Crippen LogP contribution in [0, 0.1) is 18.8 Å². The number of hydrogen-bond donors (Lipinski definition) is 0. The topological polar surface area (TPSA) is 40.6 Å². The standard InChI is InChI=1S/C37H40F3NO3/c1-24-17-30(31-18-32(20-41-19-31)37(38,39)40)15-16-33(24)27(4)36-35(43-22-29-13-9-6-10-14-29)26(3)25(2)34(44-36)23-42-21-28-11-7-5-8-12-28/h5-20,25-27,34-36H,21-23H2,1-4H3/t25-,26-,27+,34?,35?,36+/m0/s1. The van der Waals surface area contributed by atoms with Gasteiger partial charge < -0.3 is 14.2 Å². The average molecular weight is 604 g/mol. The second-order valence-electron chi connectivity index (χ2n) is 11.9. The van der Waals surface area contributed by atoms with Gasteiger partial charge in [0.05, 0.1) is 43.7 Å². The third-order valence-corrected chi connectivity index (χ3v) is 8.92. The first-order chi connectivity index (χ1) is 21.1. The molecule has 1 aliphatic heterocycles. The van der Waals surface area contributed by atoms with Gasteiger partial charge >= 0.3 is 6.18 Å². The maximum absolute atomic E-state index is 13.3. The summed E-state index contributed by atoms with van der Waals surface area (Å²) in [4.78, 5) is 3.84. The van der Waals surface area contributed by atoms with Crippen LogP contribution in [0.15, 0.2) is 97.3 Å². The van der Waals surface area contributed by atoms with E-state index in [1.807, 2.05) is 73.7 Å². The lowest BCUT2D eigenvalue weighted by Gasteiger charge is -2.47. The third kappa shape index (κ3) is 7.57. The number of hydrogen-bond acceptors (Lipinski definition) is 4. The molecule has 44 heavy (non-hydrogen) atoms. The molecule has 4 nitrogen and oxygen atoms in total. The SMILES string of the molecule is Cc1cc(-c2cncc(C(F)(F)F)c2)ccc1[C@@H](C)[C@H]1OC(COCc2ccccc2)[C@@H](C)[C@H](C)C1OCc1ccccc1. The van der Waals surface area contributed by atoms with Gasteiger partial charge in [0.15, 0.2) is 0 Å². The molecule has 0 bridgehead atoms. The highest BCUT2D eigenvalue weighted by molar-refractivity contribution is 5.65. The van der Waals surface area contributed by atoms with Gasteiger partial charge in [0.25, 0.3) is 0 Å². The Balaban J connectivity index is 1.38. The van der Waals surface area contributed by atoms with Gasteiger partial charge in [-0.1, -0.05) is 99.6 Å². The summed E-state index contributed by atoms with van der Waals surface area (Å²) < 4.78 is 59.6. The molecule has 0 aliphatic carbocycles. The molecule has 0 saturated carbocycles. The molecule has 2 heterocycles. The summed E-state index contributed by atoms with van der Waals surface area (Å²) in [5.41, 5.74) is 4.61. The predicted molar refractivity (Wildman–Crippen MR) is 166 cm³/mol. The van der Waals surface area contributed by atoms with Crippen molar-refractivity contribution in [2.24, 2.45) is 11.8 Å². The number of benzene rings is 3. The van der Waals surface area contributed by atoms with Crippen LogP contribution < -0.4 is 0 Å². The molecule has 1 fully saturated rings. The highest BCUT2D eigenvalue weighted by atomic mass is 19.4. The zero-order valence-corrected chi connectivity index (χ0v) is 25.6. The van der Waals surface area contributed by atoms with Crippen molar-refractivity contribution in [2.45, 2.75) is 71.3 Å². The van der Waals surface area contributed by atoms with Gasteiger partial charge in [0.2, 0.25) is 0 Å². The van der Waals surface area contributed by atoms with E-state index in [2.05, 4.69) is 37.9 Å². The van der Waals surface area contributed by atoms with Crippen molar-refractivity contribution in [2.75, 3.05) is 6.61 Å². The zero-order valence-electron chi connectivity index (χ0n) is 25.6. The van der Waals surface area contributed by atoms with Gasteiger partial charge in [-0.3, -0.25) is 4.98 Å². The van der Waals surface area contributed by atoms with E-state index in [0.717, 1.165) is 34.5 Å². The number of rotatable bonds is 10. The molecular weight excluding hydrogens is 563 g/mol. The largest absolute Gasteiger partial charge is 0.417 e. The van der Waals surface area contributed by atoms with E-state index in [9.17, 15) is 13.2 Å². The molecule has 232 valence electrons. The summed E-state index contributed by atoms with van der Waals surface area (Å²) in [5, 5.41) is 0. The number of alkyl halides is 3. The fourth-order valence-corrected chi connectivity index (χ4v) is 6.11. The molecule has 5 rings (SSSR count). The highest BCUT2D eigenvalue weighted by Crippen LogP contribution is 2.41. The molecule has 4 aromatic rings. The number of nitrogens with zero attached hydrogens (tertiary/aromatic N) is 1. The predicted octanol–water partition coefficient (Wildman–Crippen LogP) is 9.02. The van der Waals surface area contributed by atoms with E-state index in [1.54, 1.807) is 0 Å². The lowest BCUT2D eigenvalue weighted by molar-refractivity contribution is -0.209. The first-order valence-electron chi connectivity index (χ1n) is 15.2. The molecule has 1 aromatic heterocycles. The third-order valence-electron chi connectivity index (χ3n) is 8.92. The van der Waals surface area contributed by atoms with Crippen LogP contribution in [0.1, 0.15) is 54.5 Å². The second kappa shape index (κ2) is 14.1. The van der Waals surface area contributed by atoms with Crippen LogP contribution >= 0.6 is 0 Å². The molecule has 0 radical (unpaired) electrons. The van der Waals surface area contributed by atoms with Gasteiger partial charge in [-0.15, -0.1) is 0 Å². The van der Waals surface area contributed by atoms with Crippen molar-refractivity contribution in [1.29, 1.82) is 0 Å². The Morgan fingerprint density at radius 1 is 0.818 bits per heavy atom. The van der Waals surface area contributed by atoms with Gasteiger partial charge in [0.1, 0.15) is 0 Å². The van der Waals surface area contributed by atoms with Crippen LogP contribution in [0.25, 0.3) is 11.1 Å². The molecule has 0 N–H and O–H groups in total. The molecule has 0 spiro atoms. The van der Waals surface area contributed by atoms with E-state index < -0.39 is 11.7 Å². The second-order valence-corrected chi connectivity index (χ2v) is 11.9. The molecule has 2 unspecified atom stereocenters. The molecule has 6 atom stereocenters. The summed E-state index contributed by atoms with van der Waals surface area (Å²) in [5.74, 6) is 0.351. The smallest absolute Gasteiger partial charge is 0.374 e. The van der Waals surface area contributed by atoms with Crippen molar-refractivity contribution in [3.63, 3.8) is 0 Å². The number of aryl methyl sites for hydroxylation is 1. The van der Waals surface area contributed by atoms with Gasteiger partial charge in [-0.05, 0) is 52.6 Å². The summed E-state index contributed by atoms with van der Waals surface area (Å²) in [7, 11) is 0. The Kier molecular flexibility index (Phi) is 10.2. The van der Waals surface area contributed by atoms with Crippen LogP contribution in [0.3, 0.4) is 0 Å². The van der Waals surface area contributed by atoms with Crippen molar-refractivity contribution < 1.29 is 27.4 Å². The van der Waals surface area contributed by atoms with Crippen LogP contribution in [0.4, 0.5) is 13.2 Å². The first-order valence-corrected chi connectivity index (χ1v) is 15.2. The van der Waals surface area contributed by atoms with Crippen LogP contribution in [-0.4, -0.2) is 29.9 Å². The normalized spacial score (nSPS) is 22.9. The average Bonchev–Trinajstić information content (AvgIpc) is 3.03. The van der Waals surface area contributed by atoms with Crippen molar-refractivity contribution in [3.8, 4) is 11.1 Å². The Bertz CT molecular complexity index is 1490. The number of halogens is 3. The van der Waals surface area contributed by atoms with Crippen LogP contribution in [0.5, 0.6) is 0 Å². The van der Waals surface area contributed by atoms with E-state index in [0.29, 0.717) is 30.9 Å². The van der Waals surface area contributed by atoms with E-state index in [-0.39, 0.29) is 36.1 Å². The van der Waals surface area contributed by atoms with E-state index in [1.165, 1.54) is 6.20 Å². The Hall–Kier alpha value is -3.52. The van der Waals surface area contributed by atoms with Crippen molar-refractivity contribution in [3.05, 3.63) is 125 Å². The quantitative estimate of drug-likeness (QED) is 0.181. The van der Waals surface area contributed by atoms with E-state index in [4.69, 9.17) is 14.2 Å². The lowest BCUT2D eigenvalue weighted by atomic mass is 9.76. The molecule has 1 saturated heterocycles. The monoisotopic (exact) mass is 603 g/mol. The lowest BCUT2D eigenvalue weighted by Crippen LogP contribution is -2.53. The van der Waals surface area contributed by atoms with Crippen molar-refractivity contribution in [1.82, 2.24) is 4.98 Å². The highest BCUT2D eigenvalue weighted by Gasteiger charge is 2.45. The first kappa shape index (κ1) is 31.9. The van der Waals surface area contributed by atoms with E-state index >= 15 is 0 Å². The van der Waals surface area contributed by atoms with Gasteiger partial charge in [-0.25, -0.2) is 0 Å². The van der Waals surface area contributed by atoms with Crippen molar-refractivity contribution >= 4 is 0 Å². The summed E-state index contributed by atoms with van der Waals surface area (Å²) >= 11 is 0. The summed E-state index contributed by atoms with van der Waals surface area (Å²) in [6.45, 7) is 10.0. The summed E-state index contributed by atoms with van der Waals surface area (Å²) in [6.07, 6.45) is -2.67. The number of ether oxygens (including phenoxy) is 3. The molecule has 0 amide bonds. The molecule has 7 heteroatoms. The fourth-order valence-electron chi connectivity index (χ4n) is 6.11. The minimum absolute atomic E-state index is 0.0453. The molecular formula is C37H40F3NO3. The Labute approximate surface area is 258 Å².